The lowest BCUT2D eigenvalue weighted by Gasteiger charge is -2.10. The molecule has 0 radical (unpaired) electrons. The average molecular weight is 440 g/mol. The molecular weight excluding hydrogens is 418 g/mol. The molecule has 30 heavy (non-hydrogen) atoms. The number of thioether (sulfide) groups is 1. The Kier molecular flexibility index (Phi) is 6.40. The maximum absolute atomic E-state index is 12.2. The molecule has 154 valence electrons. The zero-order valence-corrected chi connectivity index (χ0v) is 18.1. The highest BCUT2D eigenvalue weighted by Gasteiger charge is 2.19. The summed E-state index contributed by atoms with van der Waals surface area (Å²) in [7, 11) is 0. The number of H-pyrrole nitrogens is 1. The number of carbonyl (C=O) groups is 1. The quantitative estimate of drug-likeness (QED) is 0.296. The van der Waals surface area contributed by atoms with Gasteiger partial charge in [-0.3, -0.25) is 9.36 Å². The Morgan fingerprint density at radius 2 is 1.97 bits per heavy atom. The van der Waals surface area contributed by atoms with Crippen LogP contribution in [0.3, 0.4) is 0 Å². The number of para-hydroxylation sites is 1. The predicted octanol–water partition coefficient (Wildman–Crippen LogP) is 5.08. The second-order valence-electron chi connectivity index (χ2n) is 6.86. The van der Waals surface area contributed by atoms with Crippen LogP contribution in [0.4, 0.5) is 0 Å². The van der Waals surface area contributed by atoms with Gasteiger partial charge >= 0.3 is 0 Å². The largest absolute Gasteiger partial charge is 0.360 e. The molecule has 4 rings (SSSR count). The van der Waals surface area contributed by atoms with E-state index in [1.54, 1.807) is 0 Å². The van der Waals surface area contributed by atoms with Crippen LogP contribution < -0.4 is 5.32 Å². The van der Waals surface area contributed by atoms with Crippen molar-refractivity contribution in [1.29, 1.82) is 0 Å². The highest BCUT2D eigenvalue weighted by atomic mass is 35.5. The number of nitrogens with zero attached hydrogens (tertiary/aromatic N) is 3. The fourth-order valence-corrected chi connectivity index (χ4v) is 4.11. The number of hydrogen-bond acceptors (Lipinski definition) is 4. The van der Waals surface area contributed by atoms with Gasteiger partial charge in [0.1, 0.15) is 0 Å². The van der Waals surface area contributed by atoms with Crippen LogP contribution in [0.2, 0.25) is 5.02 Å². The van der Waals surface area contributed by atoms with Crippen molar-refractivity contribution in [2.24, 2.45) is 0 Å². The van der Waals surface area contributed by atoms with E-state index in [2.05, 4.69) is 33.5 Å². The van der Waals surface area contributed by atoms with E-state index in [1.165, 1.54) is 11.8 Å². The van der Waals surface area contributed by atoms with Crippen molar-refractivity contribution in [2.45, 2.75) is 24.9 Å². The Labute approximate surface area is 184 Å². The minimum absolute atomic E-state index is 0.00671. The number of carbonyl (C=O) groups excluding carboxylic acids is 1. The number of nitrogens with one attached hydrogen (secondary N) is 2. The number of amides is 1. The minimum Gasteiger partial charge on any atom is -0.360 e. The Morgan fingerprint density at radius 3 is 2.77 bits per heavy atom. The molecule has 0 atom stereocenters. The van der Waals surface area contributed by atoms with Crippen LogP contribution in [0, 0.1) is 0 Å². The van der Waals surface area contributed by atoms with E-state index in [4.69, 9.17) is 11.6 Å². The van der Waals surface area contributed by atoms with Crippen LogP contribution in [0.15, 0.2) is 59.9 Å². The fraction of sp³-hybridized carbons (Fsp3) is 0.227. The summed E-state index contributed by atoms with van der Waals surface area (Å²) in [4.78, 5) is 15.5. The number of rotatable bonds is 8. The molecule has 0 fully saturated rings. The van der Waals surface area contributed by atoms with Gasteiger partial charge in [-0.2, -0.15) is 0 Å². The zero-order valence-electron chi connectivity index (χ0n) is 16.6. The summed E-state index contributed by atoms with van der Waals surface area (Å²) in [5, 5.41) is 14.2. The third-order valence-electron chi connectivity index (χ3n) is 4.73. The molecule has 0 aliphatic heterocycles. The Bertz CT molecular complexity index is 1150. The average Bonchev–Trinajstić information content (AvgIpc) is 3.37. The van der Waals surface area contributed by atoms with Crippen molar-refractivity contribution in [3.05, 3.63) is 59.8 Å². The number of benzene rings is 2. The number of aromatic amines is 1. The van der Waals surface area contributed by atoms with E-state index >= 15 is 0 Å². The van der Waals surface area contributed by atoms with Gasteiger partial charge in [0, 0.05) is 39.9 Å². The topological polar surface area (TPSA) is 75.6 Å². The first-order valence-corrected chi connectivity index (χ1v) is 11.2. The Balaban J connectivity index is 1.69. The molecule has 2 aromatic carbocycles. The van der Waals surface area contributed by atoms with E-state index in [0.29, 0.717) is 22.5 Å². The third-order valence-corrected chi connectivity index (χ3v) is 5.91. The first-order chi connectivity index (χ1) is 14.7. The van der Waals surface area contributed by atoms with Crippen molar-refractivity contribution in [1.82, 2.24) is 25.1 Å². The number of aromatic nitrogens is 4. The first-order valence-electron chi connectivity index (χ1n) is 9.84. The summed E-state index contributed by atoms with van der Waals surface area (Å²) >= 11 is 7.46. The van der Waals surface area contributed by atoms with E-state index in [-0.39, 0.29) is 11.7 Å². The molecule has 0 unspecified atom stereocenters. The molecule has 0 saturated heterocycles. The normalized spacial score (nSPS) is 11.1. The highest BCUT2D eigenvalue weighted by molar-refractivity contribution is 7.99. The van der Waals surface area contributed by atoms with Crippen LogP contribution in [-0.4, -0.2) is 38.0 Å². The van der Waals surface area contributed by atoms with Crippen molar-refractivity contribution < 1.29 is 4.79 Å². The lowest BCUT2D eigenvalue weighted by atomic mass is 10.1. The van der Waals surface area contributed by atoms with Crippen LogP contribution >= 0.6 is 23.4 Å². The lowest BCUT2D eigenvalue weighted by Crippen LogP contribution is -2.26. The molecule has 4 aromatic rings. The maximum atomic E-state index is 12.2. The van der Waals surface area contributed by atoms with Crippen molar-refractivity contribution >= 4 is 40.2 Å². The van der Waals surface area contributed by atoms with Gasteiger partial charge in [-0.25, -0.2) is 0 Å². The van der Waals surface area contributed by atoms with Crippen LogP contribution in [-0.2, 0) is 4.79 Å². The minimum atomic E-state index is -0.00671. The number of hydrogen-bond donors (Lipinski definition) is 2. The molecule has 0 bridgehead atoms. The van der Waals surface area contributed by atoms with Gasteiger partial charge in [0.05, 0.1) is 5.75 Å². The van der Waals surface area contributed by atoms with Crippen LogP contribution in [0.5, 0.6) is 0 Å². The van der Waals surface area contributed by atoms with Crippen LogP contribution in [0.25, 0.3) is 28.0 Å². The summed E-state index contributed by atoms with van der Waals surface area (Å²) < 4.78 is 1.97. The number of fused-ring (bicyclic) bond motifs is 1. The molecule has 0 saturated carbocycles. The second kappa shape index (κ2) is 9.36. The zero-order chi connectivity index (χ0) is 20.9. The third kappa shape index (κ3) is 4.37. The van der Waals surface area contributed by atoms with Gasteiger partial charge < -0.3 is 10.3 Å². The Morgan fingerprint density at radius 1 is 1.17 bits per heavy atom. The molecule has 2 heterocycles. The van der Waals surface area contributed by atoms with Gasteiger partial charge in [0.2, 0.25) is 5.91 Å². The van der Waals surface area contributed by atoms with Gasteiger partial charge in [-0.15, -0.1) is 10.2 Å². The standard InChI is InChI=1S/C22H22ClN5OS/c1-2-3-12-24-20(29)14-30-22-27-26-21(28(22)16-10-8-15(23)9-11-16)18-13-25-19-7-5-4-6-17(18)19/h4-11,13,25H,2-3,12,14H2,1H3,(H,24,29). The second-order valence-corrected chi connectivity index (χ2v) is 8.24. The molecule has 2 N–H and O–H groups in total. The van der Waals surface area contributed by atoms with Crippen molar-refractivity contribution in [3.63, 3.8) is 0 Å². The maximum Gasteiger partial charge on any atom is 0.230 e. The van der Waals surface area contributed by atoms with E-state index in [0.717, 1.165) is 35.0 Å². The monoisotopic (exact) mass is 439 g/mol. The molecule has 0 spiro atoms. The molecule has 8 heteroatoms. The van der Waals surface area contributed by atoms with Gasteiger partial charge in [0.25, 0.3) is 0 Å². The van der Waals surface area contributed by atoms with Gasteiger partial charge in [-0.05, 0) is 36.8 Å². The van der Waals surface area contributed by atoms with E-state index < -0.39 is 0 Å². The Hall–Kier alpha value is -2.77. The molecule has 1 amide bonds. The molecular formula is C22H22ClN5OS. The van der Waals surface area contributed by atoms with Crippen LogP contribution in [0.1, 0.15) is 19.8 Å². The fourth-order valence-electron chi connectivity index (χ4n) is 3.20. The van der Waals surface area contributed by atoms with Crippen molar-refractivity contribution in [2.75, 3.05) is 12.3 Å². The molecule has 0 aliphatic rings. The van der Waals surface area contributed by atoms with Gasteiger partial charge in [-0.1, -0.05) is 54.9 Å². The number of unbranched alkanes of at least 4 members (excludes halogenated alkanes) is 1. The summed E-state index contributed by atoms with van der Waals surface area (Å²) in [5.74, 6) is 0.986. The smallest absolute Gasteiger partial charge is 0.230 e. The lowest BCUT2D eigenvalue weighted by molar-refractivity contribution is -0.118. The molecule has 0 aliphatic carbocycles. The molecule has 6 nitrogen and oxygen atoms in total. The number of halogens is 1. The van der Waals surface area contributed by atoms with Crippen molar-refractivity contribution in [3.8, 4) is 17.1 Å². The molecule has 2 aromatic heterocycles. The predicted molar refractivity (Wildman–Crippen MR) is 122 cm³/mol. The SMILES string of the molecule is CCCCNC(=O)CSc1nnc(-c2c[nH]c3ccccc23)n1-c1ccc(Cl)cc1. The van der Waals surface area contributed by atoms with E-state index in [1.807, 2.05) is 53.2 Å². The van der Waals surface area contributed by atoms with Gasteiger partial charge in [0.15, 0.2) is 11.0 Å². The highest BCUT2D eigenvalue weighted by Crippen LogP contribution is 2.32. The summed E-state index contributed by atoms with van der Waals surface area (Å²) in [6.45, 7) is 2.79. The summed E-state index contributed by atoms with van der Waals surface area (Å²) in [6.07, 6.45) is 3.96. The first kappa shape index (κ1) is 20.5. The summed E-state index contributed by atoms with van der Waals surface area (Å²) in [6, 6.07) is 15.6. The summed E-state index contributed by atoms with van der Waals surface area (Å²) in [5.41, 5.74) is 2.87. The van der Waals surface area contributed by atoms with E-state index in [9.17, 15) is 4.79 Å².